The first-order valence-corrected chi connectivity index (χ1v) is 11.0. The van der Waals surface area contributed by atoms with Gasteiger partial charge in [-0.2, -0.15) is 8.42 Å². The zero-order chi connectivity index (χ0) is 21.5. The Labute approximate surface area is 176 Å². The zero-order valence-electron chi connectivity index (χ0n) is 15.9. The maximum Gasteiger partial charge on any atom is 0.312 e. The Kier molecular flexibility index (Phi) is 5.00. The lowest BCUT2D eigenvalue weighted by atomic mass is 10.3. The van der Waals surface area contributed by atoms with Crippen molar-refractivity contribution in [2.45, 2.75) is 18.7 Å². The van der Waals surface area contributed by atoms with Gasteiger partial charge in [0.25, 0.3) is 15.1 Å². The molecule has 1 aromatic heterocycles. The largest absolute Gasteiger partial charge is 0.312 e. The third-order valence-electron chi connectivity index (χ3n) is 4.35. The van der Waals surface area contributed by atoms with Crippen LogP contribution in [0.3, 0.4) is 0 Å². The number of aromatic nitrogens is 3. The maximum atomic E-state index is 12.8. The van der Waals surface area contributed by atoms with Crippen LogP contribution in [0.4, 0.5) is 5.69 Å². The van der Waals surface area contributed by atoms with Crippen molar-refractivity contribution < 1.29 is 18.0 Å². The first-order chi connectivity index (χ1) is 14.3. The molecule has 0 unspecified atom stereocenters. The average molecular weight is 441 g/mol. The molecule has 0 radical (unpaired) electrons. The number of carbonyl (C=O) groups excluding carboxylic acids is 2. The summed E-state index contributed by atoms with van der Waals surface area (Å²) >= 11 is 0.491. The zero-order valence-corrected chi connectivity index (χ0v) is 17.5. The number of anilines is 1. The van der Waals surface area contributed by atoms with Gasteiger partial charge in [0.15, 0.2) is 5.17 Å². The Hall–Kier alpha value is -3.31. The monoisotopic (exact) mass is 441 g/mol. The Morgan fingerprint density at radius 2 is 1.47 bits per heavy atom. The van der Waals surface area contributed by atoms with Crippen molar-refractivity contribution in [2.24, 2.45) is 4.40 Å². The Morgan fingerprint density at radius 1 is 0.867 bits per heavy atom. The van der Waals surface area contributed by atoms with Crippen LogP contribution in [-0.4, -0.2) is 39.4 Å². The van der Waals surface area contributed by atoms with E-state index in [0.29, 0.717) is 34.8 Å². The lowest BCUT2D eigenvalue weighted by molar-refractivity contribution is -0.130. The predicted molar refractivity (Wildman–Crippen MR) is 112 cm³/mol. The highest BCUT2D eigenvalue weighted by atomic mass is 32.2. The molecule has 11 heteroatoms. The van der Waals surface area contributed by atoms with Crippen LogP contribution in [0, 0.1) is 13.8 Å². The molecule has 2 aromatic carbocycles. The fourth-order valence-electron chi connectivity index (χ4n) is 2.98. The molecule has 9 nitrogen and oxygen atoms in total. The minimum atomic E-state index is -4.16. The summed E-state index contributed by atoms with van der Waals surface area (Å²) in [6.07, 6.45) is 0. The van der Waals surface area contributed by atoms with E-state index in [2.05, 4.69) is 14.6 Å². The number of benzene rings is 2. The molecule has 1 fully saturated rings. The number of amidine groups is 1. The summed E-state index contributed by atoms with van der Waals surface area (Å²) < 4.78 is 31.2. The SMILES string of the molecule is Cc1nnc(C)n1-c1ccc(S(=O)(=O)/N=C2\SC(=O)C(=O)N2c2ccccc2)cc1. The van der Waals surface area contributed by atoms with E-state index in [0.717, 1.165) is 4.90 Å². The van der Waals surface area contributed by atoms with Crippen LogP contribution in [0.25, 0.3) is 5.69 Å². The molecule has 0 saturated carbocycles. The number of para-hydroxylation sites is 1. The van der Waals surface area contributed by atoms with Crippen molar-refractivity contribution >= 4 is 43.7 Å². The fourth-order valence-corrected chi connectivity index (χ4v) is 4.92. The molecule has 0 bridgehead atoms. The highest BCUT2D eigenvalue weighted by Gasteiger charge is 2.39. The Bertz CT molecular complexity index is 1260. The van der Waals surface area contributed by atoms with Crippen molar-refractivity contribution in [3.63, 3.8) is 0 Å². The number of hydrogen-bond donors (Lipinski definition) is 0. The summed E-state index contributed by atoms with van der Waals surface area (Å²) in [5.41, 5.74) is 1.07. The second-order valence-corrected chi connectivity index (χ2v) is 8.88. The molecule has 0 aliphatic carbocycles. The molecule has 0 N–H and O–H groups in total. The molecule has 2 heterocycles. The van der Waals surface area contributed by atoms with Gasteiger partial charge in [-0.3, -0.25) is 19.1 Å². The molecule has 30 heavy (non-hydrogen) atoms. The lowest BCUT2D eigenvalue weighted by Crippen LogP contribution is -2.31. The smallest absolute Gasteiger partial charge is 0.283 e. The van der Waals surface area contributed by atoms with Gasteiger partial charge < -0.3 is 0 Å². The van der Waals surface area contributed by atoms with Gasteiger partial charge in [0.1, 0.15) is 11.6 Å². The molecule has 1 amide bonds. The molecular formula is C19H15N5O4S2. The van der Waals surface area contributed by atoms with Crippen LogP contribution in [0.2, 0.25) is 0 Å². The van der Waals surface area contributed by atoms with E-state index in [-0.39, 0.29) is 10.1 Å². The fraction of sp³-hybridized carbons (Fsp3) is 0.105. The molecule has 1 aliphatic heterocycles. The molecule has 3 aromatic rings. The number of rotatable bonds is 4. The summed E-state index contributed by atoms with van der Waals surface area (Å²) in [6, 6.07) is 14.3. The van der Waals surface area contributed by atoms with Crippen molar-refractivity contribution in [1.29, 1.82) is 0 Å². The van der Waals surface area contributed by atoms with E-state index in [1.165, 1.54) is 12.1 Å². The topological polar surface area (TPSA) is 115 Å². The third kappa shape index (κ3) is 3.53. The lowest BCUT2D eigenvalue weighted by Gasteiger charge is -2.14. The van der Waals surface area contributed by atoms with Crippen molar-refractivity contribution in [3.05, 3.63) is 66.2 Å². The summed E-state index contributed by atoms with van der Waals surface area (Å²) in [5.74, 6) is 0.497. The van der Waals surface area contributed by atoms with Gasteiger partial charge in [-0.25, -0.2) is 0 Å². The standard InChI is InChI=1S/C19H15N5O4S2/c1-12-20-21-13(2)23(12)15-8-10-16(11-9-15)30(27,28)22-19-24(17(25)18(26)29-19)14-6-4-3-5-7-14/h3-11H,1-2H3/b22-19-. The van der Waals surface area contributed by atoms with Crippen LogP contribution in [-0.2, 0) is 19.6 Å². The van der Waals surface area contributed by atoms with Gasteiger partial charge in [0, 0.05) is 5.69 Å². The van der Waals surface area contributed by atoms with Gasteiger partial charge in [0.05, 0.1) is 10.6 Å². The number of sulfonamides is 1. The molecule has 1 aliphatic rings. The maximum absolute atomic E-state index is 12.8. The third-order valence-corrected chi connectivity index (χ3v) is 6.56. The number of amides is 1. The minimum absolute atomic E-state index is 0.0671. The first-order valence-electron chi connectivity index (χ1n) is 8.73. The number of thioether (sulfide) groups is 1. The number of nitrogens with zero attached hydrogens (tertiary/aromatic N) is 5. The molecular weight excluding hydrogens is 426 g/mol. The number of aryl methyl sites for hydroxylation is 2. The van der Waals surface area contributed by atoms with Crippen LogP contribution >= 0.6 is 11.8 Å². The second kappa shape index (κ2) is 7.50. The highest BCUT2D eigenvalue weighted by Crippen LogP contribution is 2.29. The quantitative estimate of drug-likeness (QED) is 0.570. The average Bonchev–Trinajstić information content (AvgIpc) is 3.20. The minimum Gasteiger partial charge on any atom is -0.283 e. The summed E-state index contributed by atoms with van der Waals surface area (Å²) in [6.45, 7) is 3.58. The van der Waals surface area contributed by atoms with E-state index in [1.54, 1.807) is 60.9 Å². The van der Waals surface area contributed by atoms with Gasteiger partial charge in [-0.05, 0) is 62.0 Å². The van der Waals surface area contributed by atoms with Crippen molar-refractivity contribution in [1.82, 2.24) is 14.8 Å². The van der Waals surface area contributed by atoms with E-state index in [4.69, 9.17) is 0 Å². The highest BCUT2D eigenvalue weighted by molar-refractivity contribution is 8.29. The molecule has 152 valence electrons. The summed E-state index contributed by atoms with van der Waals surface area (Å²) in [5, 5.41) is 6.98. The molecule has 1 saturated heterocycles. The van der Waals surface area contributed by atoms with Crippen LogP contribution < -0.4 is 4.90 Å². The van der Waals surface area contributed by atoms with Gasteiger partial charge in [-0.15, -0.1) is 14.6 Å². The van der Waals surface area contributed by atoms with E-state index in [1.807, 2.05) is 0 Å². The van der Waals surface area contributed by atoms with Crippen molar-refractivity contribution in [2.75, 3.05) is 4.90 Å². The predicted octanol–water partition coefficient (Wildman–Crippen LogP) is 2.24. The van der Waals surface area contributed by atoms with Gasteiger partial charge in [0.2, 0.25) is 0 Å². The van der Waals surface area contributed by atoms with Gasteiger partial charge in [-0.1, -0.05) is 18.2 Å². The van der Waals surface area contributed by atoms with E-state index in [9.17, 15) is 18.0 Å². The van der Waals surface area contributed by atoms with Crippen LogP contribution in [0.15, 0.2) is 63.9 Å². The van der Waals surface area contributed by atoms with Crippen LogP contribution in [0.5, 0.6) is 0 Å². The Balaban J connectivity index is 1.70. The number of carbonyl (C=O) groups is 2. The summed E-state index contributed by atoms with van der Waals surface area (Å²) in [7, 11) is -4.16. The molecule has 0 atom stereocenters. The van der Waals surface area contributed by atoms with Gasteiger partial charge >= 0.3 is 5.91 Å². The molecule has 4 rings (SSSR count). The molecule has 0 spiro atoms. The summed E-state index contributed by atoms with van der Waals surface area (Å²) in [4.78, 5) is 25.1. The first kappa shape index (κ1) is 20.0. The van der Waals surface area contributed by atoms with E-state index >= 15 is 0 Å². The normalized spacial score (nSPS) is 15.9. The van der Waals surface area contributed by atoms with Crippen molar-refractivity contribution in [3.8, 4) is 5.69 Å². The Morgan fingerprint density at radius 3 is 2.07 bits per heavy atom. The number of hydrogen-bond acceptors (Lipinski definition) is 7. The second-order valence-electron chi connectivity index (χ2n) is 6.34. The van der Waals surface area contributed by atoms with E-state index < -0.39 is 21.0 Å². The van der Waals surface area contributed by atoms with Crippen LogP contribution in [0.1, 0.15) is 11.6 Å².